The minimum absolute atomic E-state index is 0.00948. The molecule has 0 aliphatic carbocycles. The first kappa shape index (κ1) is 21.3. The number of benzene rings is 2. The van der Waals surface area contributed by atoms with E-state index in [0.29, 0.717) is 22.5 Å². The van der Waals surface area contributed by atoms with Crippen molar-refractivity contribution in [3.8, 4) is 0 Å². The van der Waals surface area contributed by atoms with Gasteiger partial charge in [-0.1, -0.05) is 17.7 Å². The van der Waals surface area contributed by atoms with E-state index in [1.165, 1.54) is 23.9 Å². The average molecular weight is 479 g/mol. The van der Waals surface area contributed by atoms with Gasteiger partial charge in [0.25, 0.3) is 5.56 Å². The number of aromatic nitrogens is 4. The lowest BCUT2D eigenvalue weighted by Crippen LogP contribution is -2.50. The van der Waals surface area contributed by atoms with Gasteiger partial charge in [-0.2, -0.15) is 4.98 Å². The van der Waals surface area contributed by atoms with Crippen LogP contribution in [0.15, 0.2) is 51.1 Å². The molecule has 2 aromatic carbocycles. The molecule has 2 aliphatic rings. The van der Waals surface area contributed by atoms with E-state index in [-0.39, 0.29) is 15.6 Å². The Hall–Kier alpha value is -3.24. The Morgan fingerprint density at radius 3 is 2.74 bits per heavy atom. The highest BCUT2D eigenvalue weighted by atomic mass is 32.2. The molecule has 1 atom stereocenters. The van der Waals surface area contributed by atoms with Crippen LogP contribution in [-0.4, -0.2) is 65.4 Å². The Morgan fingerprint density at radius 2 is 1.91 bits per heavy atom. The van der Waals surface area contributed by atoms with Crippen molar-refractivity contribution in [1.82, 2.24) is 24.7 Å². The summed E-state index contributed by atoms with van der Waals surface area (Å²) in [5.74, 6) is 0. The third kappa shape index (κ3) is 3.24. The third-order valence-corrected chi connectivity index (χ3v) is 8.96. The zero-order chi connectivity index (χ0) is 23.6. The van der Waals surface area contributed by atoms with Crippen molar-refractivity contribution in [2.45, 2.75) is 42.7 Å². The molecule has 4 heterocycles. The fourth-order valence-electron chi connectivity index (χ4n) is 5.40. The fourth-order valence-corrected chi connectivity index (χ4v) is 6.88. The van der Waals surface area contributed by atoms with Gasteiger partial charge in [0.05, 0.1) is 15.8 Å². The second-order valence-corrected chi connectivity index (χ2v) is 11.2. The molecular formula is C24H26N6O3S. The largest absolute Gasteiger partial charge is 0.369 e. The quantitative estimate of drug-likeness (QED) is 0.482. The zero-order valence-corrected chi connectivity index (χ0v) is 20.0. The summed E-state index contributed by atoms with van der Waals surface area (Å²) in [7, 11) is -3.98. The summed E-state index contributed by atoms with van der Waals surface area (Å²) in [5.41, 5.74) is 2.70. The number of anilines is 1. The van der Waals surface area contributed by atoms with Gasteiger partial charge in [0.2, 0.25) is 14.9 Å². The molecule has 0 spiro atoms. The summed E-state index contributed by atoms with van der Waals surface area (Å²) >= 11 is 0. The predicted molar refractivity (Wildman–Crippen MR) is 129 cm³/mol. The Morgan fingerprint density at radius 1 is 1.06 bits per heavy atom. The second-order valence-electron chi connectivity index (χ2n) is 9.34. The number of sulfone groups is 1. The maximum atomic E-state index is 13.5. The number of hydrogen-bond acceptors (Lipinski definition) is 7. The summed E-state index contributed by atoms with van der Waals surface area (Å²) in [4.78, 5) is 22.0. The molecule has 4 aromatic rings. The molecule has 34 heavy (non-hydrogen) atoms. The van der Waals surface area contributed by atoms with Crippen molar-refractivity contribution in [2.75, 3.05) is 31.1 Å². The minimum Gasteiger partial charge on any atom is -0.369 e. The maximum Gasteiger partial charge on any atom is 0.281 e. The van der Waals surface area contributed by atoms with Crippen molar-refractivity contribution in [1.29, 1.82) is 0 Å². The summed E-state index contributed by atoms with van der Waals surface area (Å²) in [6, 6.07) is 11.4. The Balaban J connectivity index is 1.48. The Labute approximate surface area is 196 Å². The molecule has 2 saturated heterocycles. The first-order valence-corrected chi connectivity index (χ1v) is 13.0. The molecule has 0 amide bonds. The molecule has 6 rings (SSSR count). The van der Waals surface area contributed by atoms with Crippen LogP contribution in [0.5, 0.6) is 0 Å². The topological polar surface area (TPSA) is 104 Å². The van der Waals surface area contributed by atoms with Gasteiger partial charge in [-0.25, -0.2) is 18.1 Å². The lowest BCUT2D eigenvalue weighted by Gasteiger charge is -2.38. The molecule has 2 aliphatic heterocycles. The van der Waals surface area contributed by atoms with E-state index in [9.17, 15) is 13.2 Å². The lowest BCUT2D eigenvalue weighted by atomic mass is 10.1. The van der Waals surface area contributed by atoms with Crippen molar-refractivity contribution in [3.05, 3.63) is 57.9 Å². The van der Waals surface area contributed by atoms with Crippen LogP contribution in [0.4, 0.5) is 5.69 Å². The average Bonchev–Trinajstić information content (AvgIpc) is 3.45. The number of aryl methyl sites for hydroxylation is 2. The van der Waals surface area contributed by atoms with Crippen molar-refractivity contribution in [2.24, 2.45) is 0 Å². The van der Waals surface area contributed by atoms with E-state index in [1.807, 2.05) is 25.1 Å². The highest BCUT2D eigenvalue weighted by Gasteiger charge is 2.31. The summed E-state index contributed by atoms with van der Waals surface area (Å²) in [6.45, 7) is 7.72. The molecule has 1 N–H and O–H groups in total. The van der Waals surface area contributed by atoms with Gasteiger partial charge in [0, 0.05) is 31.4 Å². The van der Waals surface area contributed by atoms with Gasteiger partial charge in [0.15, 0.2) is 5.65 Å². The molecule has 2 fully saturated rings. The highest BCUT2D eigenvalue weighted by molar-refractivity contribution is 7.91. The Bertz CT molecular complexity index is 1610. The first-order valence-electron chi connectivity index (χ1n) is 11.6. The van der Waals surface area contributed by atoms with E-state index in [0.717, 1.165) is 30.9 Å². The normalized spacial score (nSPS) is 19.2. The minimum atomic E-state index is -3.98. The van der Waals surface area contributed by atoms with Gasteiger partial charge >= 0.3 is 0 Å². The molecule has 0 unspecified atom stereocenters. The Kier molecular flexibility index (Phi) is 4.79. The molecule has 0 saturated carbocycles. The molecule has 10 heteroatoms. The van der Waals surface area contributed by atoms with Gasteiger partial charge in [-0.05, 0) is 63.1 Å². The highest BCUT2D eigenvalue weighted by Crippen LogP contribution is 2.29. The molecule has 2 aromatic heterocycles. The number of aromatic amines is 1. The molecule has 9 nitrogen and oxygen atoms in total. The zero-order valence-electron chi connectivity index (χ0n) is 19.2. The molecule has 0 bridgehead atoms. The van der Waals surface area contributed by atoms with Crippen LogP contribution in [0.2, 0.25) is 0 Å². The van der Waals surface area contributed by atoms with Crippen LogP contribution in [0.3, 0.4) is 0 Å². The van der Waals surface area contributed by atoms with Crippen LogP contribution < -0.4 is 10.5 Å². The van der Waals surface area contributed by atoms with Crippen molar-refractivity contribution >= 4 is 32.1 Å². The standard InChI is InChI=1S/C24H26N6O3S/c1-15-5-8-21(16(2)12-15)34(32,33)24-22-25-23(31)19-7-6-17(13-20(19)30(22)27-26-24)29-11-10-28-9-3-4-18(28)14-29/h5-8,12-13,18,27H,3-4,9-11,14H2,1-2H3/t18-/m0/s1. The number of nitrogens with zero attached hydrogens (tertiary/aromatic N) is 5. The summed E-state index contributed by atoms with van der Waals surface area (Å²) < 4.78 is 28.4. The van der Waals surface area contributed by atoms with E-state index in [1.54, 1.807) is 25.1 Å². The maximum absolute atomic E-state index is 13.5. The van der Waals surface area contributed by atoms with Crippen LogP contribution in [0, 0.1) is 13.8 Å². The molecule has 0 radical (unpaired) electrons. The van der Waals surface area contributed by atoms with Crippen LogP contribution in [-0.2, 0) is 9.84 Å². The van der Waals surface area contributed by atoms with Gasteiger partial charge in [-0.15, -0.1) is 5.10 Å². The molecule has 176 valence electrons. The summed E-state index contributed by atoms with van der Waals surface area (Å²) in [6.07, 6.45) is 2.45. The monoisotopic (exact) mass is 478 g/mol. The number of rotatable bonds is 3. The molecular weight excluding hydrogens is 452 g/mol. The number of piperazine rings is 1. The van der Waals surface area contributed by atoms with E-state index < -0.39 is 15.4 Å². The number of fused-ring (bicyclic) bond motifs is 4. The first-order chi connectivity index (χ1) is 16.3. The van der Waals surface area contributed by atoms with Gasteiger partial charge in [0.1, 0.15) is 0 Å². The van der Waals surface area contributed by atoms with Gasteiger partial charge < -0.3 is 4.90 Å². The van der Waals surface area contributed by atoms with Crippen LogP contribution >= 0.6 is 0 Å². The predicted octanol–water partition coefficient (Wildman–Crippen LogP) is 2.30. The van der Waals surface area contributed by atoms with Crippen LogP contribution in [0.1, 0.15) is 24.0 Å². The van der Waals surface area contributed by atoms with Gasteiger partial charge in [-0.3, -0.25) is 9.69 Å². The van der Waals surface area contributed by atoms with Crippen molar-refractivity contribution < 1.29 is 8.42 Å². The second kappa shape index (κ2) is 7.64. The third-order valence-electron chi connectivity index (χ3n) is 7.14. The SMILES string of the molecule is Cc1ccc(S(=O)(=O)c2n[nH]n3c2nc(=O)c2ccc(N4CCN5CCC[C@H]5C4)cc23)c(C)c1. The number of hydrogen-bond donors (Lipinski definition) is 1. The summed E-state index contributed by atoms with van der Waals surface area (Å²) in [5, 5.41) is 7.07. The number of nitrogens with one attached hydrogen (secondary N) is 1. The van der Waals surface area contributed by atoms with E-state index >= 15 is 0 Å². The smallest absolute Gasteiger partial charge is 0.281 e. The number of H-pyrrole nitrogens is 1. The lowest BCUT2D eigenvalue weighted by molar-refractivity contribution is 0.231. The van der Waals surface area contributed by atoms with Crippen LogP contribution in [0.25, 0.3) is 16.6 Å². The van der Waals surface area contributed by atoms with Crippen molar-refractivity contribution in [3.63, 3.8) is 0 Å². The van der Waals surface area contributed by atoms with E-state index in [4.69, 9.17) is 0 Å². The van der Waals surface area contributed by atoms with E-state index in [2.05, 4.69) is 25.1 Å². The fraction of sp³-hybridized carbons (Fsp3) is 0.375.